The summed E-state index contributed by atoms with van der Waals surface area (Å²) in [6.07, 6.45) is 9.80. The van der Waals surface area contributed by atoms with Crippen molar-refractivity contribution >= 4 is 103 Å². The van der Waals surface area contributed by atoms with E-state index in [-0.39, 0.29) is 60.9 Å². The highest BCUT2D eigenvalue weighted by atomic mass is 16.2. The predicted molar refractivity (Wildman–Crippen MR) is 514 cm³/mol. The molecule has 0 radical (unpaired) electrons. The molecule has 1 unspecified atom stereocenters. The number of carbonyl (C=O) groups is 8. The number of primary amides is 1. The number of aromatic amines is 2. The number of rotatable bonds is 34. The highest BCUT2D eigenvalue weighted by Gasteiger charge is 2.43. The Kier molecular flexibility index (Phi) is 26.1. The third-order valence-electron chi connectivity index (χ3n) is 24.8. The Bertz CT molecular complexity index is 6830. The quantitative estimate of drug-likeness (QED) is 0.0184. The number of likely N-dealkylation sites (tertiary alicyclic amines) is 2. The predicted octanol–water partition coefficient (Wildman–Crippen LogP) is 14.0. The third kappa shape index (κ3) is 20.5. The first-order chi connectivity index (χ1) is 64.6. The third-order valence-corrected chi connectivity index (χ3v) is 24.8. The topological polar surface area (TPSA) is 370 Å². The highest BCUT2D eigenvalue weighted by Crippen LogP contribution is 2.38. The molecule has 4 aliphatic heterocycles. The number of aliphatic imine (C=N–C) groups is 2. The van der Waals surface area contributed by atoms with E-state index in [1.165, 1.54) is 4.90 Å². The molecule has 8 N–H and O–H groups in total. The van der Waals surface area contributed by atoms with E-state index in [1.54, 1.807) is 55.7 Å². The number of aryl methyl sites for hydroxylation is 2. The number of benzene rings is 10. The van der Waals surface area contributed by atoms with Gasteiger partial charge in [-0.25, -0.2) is 9.97 Å². The first-order valence-corrected chi connectivity index (χ1v) is 45.2. The van der Waals surface area contributed by atoms with Gasteiger partial charge in [-0.1, -0.05) is 114 Å². The maximum absolute atomic E-state index is 14.5. The summed E-state index contributed by atoms with van der Waals surface area (Å²) in [6.45, 7) is 4.19. The van der Waals surface area contributed by atoms with Crippen molar-refractivity contribution in [2.75, 3.05) is 91.2 Å². The molecule has 30 heteroatoms. The number of nitrogens with two attached hydrogens (primary N) is 1. The lowest BCUT2D eigenvalue weighted by atomic mass is 9.98. The van der Waals surface area contributed by atoms with Gasteiger partial charge in [-0.3, -0.25) is 57.7 Å². The van der Waals surface area contributed by atoms with Crippen LogP contribution in [0.4, 0.5) is 22.7 Å². The van der Waals surface area contributed by atoms with E-state index in [1.807, 2.05) is 178 Å². The Balaban J connectivity index is 0.412. The summed E-state index contributed by atoms with van der Waals surface area (Å²) < 4.78 is 3.42. The molecule has 2 fully saturated rings. The van der Waals surface area contributed by atoms with E-state index in [9.17, 15) is 38.4 Å². The first-order valence-electron chi connectivity index (χ1n) is 45.2. The van der Waals surface area contributed by atoms with Crippen molar-refractivity contribution in [2.45, 2.75) is 95.8 Å². The van der Waals surface area contributed by atoms with Crippen LogP contribution in [-0.2, 0) is 45.1 Å². The van der Waals surface area contributed by atoms with Crippen LogP contribution in [0, 0.1) is 0 Å². The maximum Gasteiger partial charge on any atom is 0.255 e. The molecule has 8 heterocycles. The lowest BCUT2D eigenvalue weighted by Crippen LogP contribution is -2.54. The lowest BCUT2D eigenvalue weighted by molar-refractivity contribution is -0.149. The molecule has 2 saturated heterocycles. The normalized spacial score (nSPS) is 14.5. The minimum Gasteiger partial charge on any atom is -0.368 e. The van der Waals surface area contributed by atoms with Crippen LogP contribution in [0.1, 0.15) is 121 Å². The van der Waals surface area contributed by atoms with Crippen molar-refractivity contribution in [3.63, 3.8) is 0 Å². The molecule has 0 spiro atoms. The van der Waals surface area contributed by atoms with Crippen LogP contribution < -0.4 is 27.0 Å². The molecule has 14 aromatic rings. The summed E-state index contributed by atoms with van der Waals surface area (Å²) in [4.78, 5) is 143. The molecule has 8 amide bonds. The number of aromatic nitrogens is 10. The second-order valence-corrected chi connectivity index (χ2v) is 34.8. The Morgan fingerprint density at radius 1 is 0.436 bits per heavy atom. The van der Waals surface area contributed by atoms with E-state index in [4.69, 9.17) is 25.7 Å². The van der Waals surface area contributed by atoms with E-state index in [0.717, 1.165) is 132 Å². The molecule has 0 aliphatic carbocycles. The number of anilines is 2. The number of hydrogen-bond donors (Lipinski definition) is 7. The zero-order valence-electron chi connectivity index (χ0n) is 74.5. The number of nitrogens with one attached hydrogen (secondary N) is 6. The Labute approximate surface area is 768 Å². The SMILES string of the molecule is CN(C)CCNC(=O)c1ccc(C2=Nc3ccc(-c4ccc5nc(-c6ccc(C(=O)Nc7cccc(-c8cn(CCCCCC(=O)N9CCCC9C(=O)N9CCC[C@H]9C(=O)N(CCCn9cc(-c%10cccc(NC(=O)c%11ccc(C%12=Nc%13ccc(-c%14ccc%15nc(-c%16ccc(C(=O)NCCN(C)C)cc%16)[nH]c%15c%14)cc%13C%12)cc%11)c%10)nn9)CC(N)=O)nn8)c7)cc6)[nH]c5c4)cc3C2)cc1. The van der Waals surface area contributed by atoms with E-state index < -0.39 is 18.0 Å². The summed E-state index contributed by atoms with van der Waals surface area (Å²) in [5, 5.41) is 29.6. The molecule has 0 bridgehead atoms. The van der Waals surface area contributed by atoms with Gasteiger partial charge < -0.3 is 61.5 Å². The van der Waals surface area contributed by atoms with E-state index in [2.05, 4.69) is 106 Å². The summed E-state index contributed by atoms with van der Waals surface area (Å²) >= 11 is 0. The first kappa shape index (κ1) is 88.1. The van der Waals surface area contributed by atoms with Crippen molar-refractivity contribution < 1.29 is 38.4 Å². The van der Waals surface area contributed by atoms with Gasteiger partial charge in [0.15, 0.2) is 0 Å². The summed E-state index contributed by atoms with van der Waals surface area (Å²) in [5.74, 6) is -0.800. The number of H-pyrrole nitrogens is 2. The molecule has 0 saturated carbocycles. The van der Waals surface area contributed by atoms with Gasteiger partial charge in [0.2, 0.25) is 23.6 Å². The van der Waals surface area contributed by atoms with Crippen molar-refractivity contribution in [3.05, 3.63) is 275 Å². The lowest BCUT2D eigenvalue weighted by Gasteiger charge is -2.33. The number of hydrogen-bond acceptors (Lipinski definition) is 18. The van der Waals surface area contributed by atoms with Crippen molar-refractivity contribution in [1.82, 2.24) is 85.1 Å². The van der Waals surface area contributed by atoms with Crippen LogP contribution in [0.2, 0.25) is 0 Å². The van der Waals surface area contributed by atoms with Gasteiger partial charge >= 0.3 is 0 Å². The number of likely N-dealkylation sites (N-methyl/N-ethyl adjacent to an activating group) is 2. The number of unbranched alkanes of at least 4 members (excludes halogenated alkanes) is 2. The summed E-state index contributed by atoms with van der Waals surface area (Å²) in [6, 6.07) is 68.0. The van der Waals surface area contributed by atoms with Crippen molar-refractivity contribution in [2.24, 2.45) is 15.7 Å². The smallest absolute Gasteiger partial charge is 0.255 e. The van der Waals surface area contributed by atoms with Crippen molar-refractivity contribution in [3.8, 4) is 67.5 Å². The average Bonchev–Trinajstić information content (AvgIpc) is 1.65. The zero-order valence-corrected chi connectivity index (χ0v) is 74.5. The molecule has 672 valence electrons. The van der Waals surface area contributed by atoms with Crippen LogP contribution in [0.15, 0.2) is 241 Å². The van der Waals surface area contributed by atoms with Gasteiger partial charge in [-0.2, -0.15) is 0 Å². The Morgan fingerprint density at radius 3 is 1.35 bits per heavy atom. The summed E-state index contributed by atoms with van der Waals surface area (Å²) in [7, 11) is 7.89. The van der Waals surface area contributed by atoms with Crippen LogP contribution in [0.3, 0.4) is 0 Å². The fourth-order valence-corrected chi connectivity index (χ4v) is 17.7. The average molecular weight is 1780 g/mol. The fourth-order valence-electron chi connectivity index (χ4n) is 17.7. The number of amides is 8. The molecule has 10 aromatic carbocycles. The van der Waals surface area contributed by atoms with Crippen molar-refractivity contribution in [1.29, 1.82) is 0 Å². The highest BCUT2D eigenvalue weighted by molar-refractivity contribution is 6.10. The second-order valence-electron chi connectivity index (χ2n) is 34.8. The van der Waals surface area contributed by atoms with Crippen LogP contribution >= 0.6 is 0 Å². The maximum atomic E-state index is 14.5. The monoisotopic (exact) mass is 1770 g/mol. The number of fused-ring (bicyclic) bond motifs is 4. The molecule has 18 rings (SSSR count). The minimum atomic E-state index is -0.814. The molecule has 4 aliphatic rings. The van der Waals surface area contributed by atoms with Gasteiger partial charge in [0.25, 0.3) is 23.6 Å². The van der Waals surface area contributed by atoms with Gasteiger partial charge in [-0.05, 0) is 239 Å². The van der Waals surface area contributed by atoms with Gasteiger partial charge in [0, 0.05) is 134 Å². The summed E-state index contributed by atoms with van der Waals surface area (Å²) in [5.41, 5.74) is 28.9. The van der Waals surface area contributed by atoms with Gasteiger partial charge in [-0.15, -0.1) is 10.2 Å². The largest absolute Gasteiger partial charge is 0.368 e. The molecule has 2 atom stereocenters. The van der Waals surface area contributed by atoms with Crippen LogP contribution in [0.25, 0.3) is 89.6 Å². The second kappa shape index (κ2) is 39.4. The van der Waals surface area contributed by atoms with E-state index >= 15 is 0 Å². The Hall–Kier alpha value is -15.6. The standard InChI is InChI=1S/C103H102N22O8/c1-119(2)51-44-105-98(128)68-28-20-64(21-29-68)86-59-78-53-72(36-40-82(78)109-86)75-39-43-85-89(58-75)114-97(112-85)67-26-34-71(35-27-67)101(131)108-81-16-8-13-76(55-81)90-61-122(117-115-90)47-7-5-6-19-95(127)124-49-10-18-93(124)103(133)125-50-11-17-92(125)102(132)121(63-94(104)126)46-12-48-123-62-91(116-118-123)77-14-9-15-80(56-77)107-100(130)70-30-22-65(23-31-70)87-60-79-54-73(37-41-83(79)110-87)74-38-42-84-88(57-74)113-96(111-84)66-24-32-69(33-25-66)99(129)106-45-52-120(3)4/h8-9,13-16,20-43,53-58,61-62,92-93H,5-7,10-12,17-19,44-52,59-60,63H2,1-4H3,(H2,104,126)(H,105,128)(H,106,129)(H,107,130)(H,108,131)(H,111,113)(H,112,114)/t92-,93?/m0/s1. The van der Waals surface area contributed by atoms with Gasteiger partial charge in [0.1, 0.15) is 35.1 Å². The molecular formula is C103H102N22O8. The van der Waals surface area contributed by atoms with Crippen LogP contribution in [-0.4, -0.2) is 226 Å². The Morgan fingerprint density at radius 2 is 0.872 bits per heavy atom. The molecule has 4 aromatic heterocycles. The van der Waals surface area contributed by atoms with Gasteiger partial charge in [0.05, 0.1) is 63.8 Å². The van der Waals surface area contributed by atoms with E-state index in [0.29, 0.717) is 153 Å². The van der Waals surface area contributed by atoms with Crippen LogP contribution in [0.5, 0.6) is 0 Å². The zero-order chi connectivity index (χ0) is 91.8. The number of nitrogens with zero attached hydrogens (tertiary/aromatic N) is 15. The number of carbonyl (C=O) groups excluding carboxylic acids is 8. The molecule has 30 nitrogen and oxygen atoms in total. The minimum absolute atomic E-state index is 0.0935. The molecular weight excluding hydrogens is 1670 g/mol. The number of imidazole rings is 2. The molecule has 133 heavy (non-hydrogen) atoms. The fraction of sp³-hybridized carbons (Fsp3) is 0.262.